The van der Waals surface area contributed by atoms with Crippen molar-refractivity contribution in [2.45, 2.75) is 19.8 Å². The summed E-state index contributed by atoms with van der Waals surface area (Å²) >= 11 is 1.11. The Bertz CT molecular complexity index is 1120. The average molecular weight is 474 g/mol. The van der Waals surface area contributed by atoms with Gasteiger partial charge in [0.05, 0.1) is 47.9 Å². The molecule has 12 heteroatoms. The van der Waals surface area contributed by atoms with Crippen LogP contribution in [-0.4, -0.2) is 46.4 Å². The van der Waals surface area contributed by atoms with E-state index in [1.165, 1.54) is 12.4 Å². The van der Waals surface area contributed by atoms with Crippen molar-refractivity contribution in [3.63, 3.8) is 0 Å². The van der Waals surface area contributed by atoms with Crippen LogP contribution in [0.2, 0.25) is 0 Å². The minimum Gasteiger partial charge on any atom is -0.478 e. The molecule has 0 fully saturated rings. The van der Waals surface area contributed by atoms with Crippen LogP contribution in [0.25, 0.3) is 0 Å². The third kappa shape index (κ3) is 7.16. The maximum Gasteiger partial charge on any atom is 0.260 e. The number of pyridine rings is 2. The first kappa shape index (κ1) is 24.0. The Morgan fingerprint density at radius 1 is 1.30 bits per heavy atom. The summed E-state index contributed by atoms with van der Waals surface area (Å²) in [4.78, 5) is 21.2. The Hall–Kier alpha value is -3.69. The van der Waals surface area contributed by atoms with E-state index in [1.54, 1.807) is 31.2 Å². The summed E-state index contributed by atoms with van der Waals surface area (Å²) in [5.41, 5.74) is 1.82. The number of carbonyl (C=O) groups excluding carboxylic acids is 1. The Morgan fingerprint density at radius 2 is 2.15 bits per heavy atom. The minimum atomic E-state index is -2.37. The summed E-state index contributed by atoms with van der Waals surface area (Å²) in [6, 6.07) is 8.46. The highest BCUT2D eigenvalue weighted by molar-refractivity contribution is 7.10. The van der Waals surface area contributed by atoms with Crippen molar-refractivity contribution in [3.05, 3.63) is 53.5 Å². The quantitative estimate of drug-likeness (QED) is 0.360. The Morgan fingerprint density at radius 3 is 2.88 bits per heavy atom. The van der Waals surface area contributed by atoms with Gasteiger partial charge in [0.1, 0.15) is 10.8 Å². The molecule has 3 aromatic heterocycles. The van der Waals surface area contributed by atoms with E-state index in [9.17, 15) is 13.6 Å². The molecule has 33 heavy (non-hydrogen) atoms. The molecule has 3 N–H and O–H groups in total. The molecule has 3 heterocycles. The predicted octanol–water partition coefficient (Wildman–Crippen LogP) is 3.73. The molecular formula is C21H21F2N7O2S. The molecule has 9 nitrogen and oxygen atoms in total. The van der Waals surface area contributed by atoms with Gasteiger partial charge in [-0.25, -0.2) is 18.7 Å². The highest BCUT2D eigenvalue weighted by Gasteiger charge is 2.19. The van der Waals surface area contributed by atoms with E-state index in [2.05, 4.69) is 30.3 Å². The van der Waals surface area contributed by atoms with E-state index in [-0.39, 0.29) is 12.5 Å². The molecule has 0 aliphatic rings. The maximum atomic E-state index is 12.9. The maximum absolute atomic E-state index is 12.9. The summed E-state index contributed by atoms with van der Waals surface area (Å²) in [5, 5.41) is 18.0. The first-order valence-electron chi connectivity index (χ1n) is 9.94. The van der Waals surface area contributed by atoms with E-state index in [1.807, 2.05) is 6.07 Å². The summed E-state index contributed by atoms with van der Waals surface area (Å²) in [5.74, 6) is 0.418. The van der Waals surface area contributed by atoms with Crippen molar-refractivity contribution in [1.29, 1.82) is 5.26 Å². The first-order valence-corrected chi connectivity index (χ1v) is 10.7. The monoisotopic (exact) mass is 473 g/mol. The van der Waals surface area contributed by atoms with Crippen LogP contribution in [0.1, 0.15) is 28.0 Å². The molecule has 0 aromatic carbocycles. The van der Waals surface area contributed by atoms with Crippen LogP contribution in [0.5, 0.6) is 5.88 Å². The number of anilines is 3. The van der Waals surface area contributed by atoms with Gasteiger partial charge in [-0.2, -0.15) is 9.64 Å². The number of nitrogens with one attached hydrogen (secondary N) is 3. The number of hydrogen-bond acceptors (Lipinski definition) is 9. The fourth-order valence-corrected chi connectivity index (χ4v) is 3.53. The number of nitriles is 1. The lowest BCUT2D eigenvalue weighted by Crippen LogP contribution is -2.23. The number of aromatic nitrogens is 3. The third-order valence-corrected chi connectivity index (χ3v) is 5.12. The van der Waals surface area contributed by atoms with Gasteiger partial charge in [-0.3, -0.25) is 4.79 Å². The molecule has 0 saturated carbocycles. The third-order valence-electron chi connectivity index (χ3n) is 4.26. The molecule has 172 valence electrons. The Kier molecular flexibility index (Phi) is 8.56. The number of ether oxygens (including phenoxy) is 1. The summed E-state index contributed by atoms with van der Waals surface area (Å²) in [6.07, 6.45) is 1.15. The molecule has 0 saturated heterocycles. The van der Waals surface area contributed by atoms with E-state index in [0.717, 1.165) is 11.5 Å². The second kappa shape index (κ2) is 11.8. The van der Waals surface area contributed by atoms with Crippen molar-refractivity contribution in [3.8, 4) is 11.9 Å². The smallest absolute Gasteiger partial charge is 0.260 e. The van der Waals surface area contributed by atoms with Crippen LogP contribution in [0.3, 0.4) is 0 Å². The molecule has 0 atom stereocenters. The molecule has 0 radical (unpaired) electrons. The lowest BCUT2D eigenvalue weighted by Gasteiger charge is -2.09. The van der Waals surface area contributed by atoms with E-state index in [0.29, 0.717) is 58.8 Å². The molecule has 0 aliphatic heterocycles. The Balaban J connectivity index is 1.56. The standard InChI is InChI=1S/C21H21F2N7O2S/c1-13-19(21(33-30-13)29-17-9-14(10-24)5-7-26-17)20(31)28-15-3-4-18(27-11-15)32-8-2-6-25-12-16(22)23/h3-5,7,9,11,16,25H,2,6,8,12H2,1H3,(H,26,29)(H,28,31). The van der Waals surface area contributed by atoms with Gasteiger partial charge in [0, 0.05) is 12.3 Å². The molecule has 0 aliphatic carbocycles. The molecular weight excluding hydrogens is 452 g/mol. The van der Waals surface area contributed by atoms with Gasteiger partial charge in [-0.15, -0.1) is 0 Å². The second-order valence-electron chi connectivity index (χ2n) is 6.78. The van der Waals surface area contributed by atoms with Crippen LogP contribution in [-0.2, 0) is 0 Å². The lowest BCUT2D eigenvalue weighted by molar-refractivity contribution is 0.102. The van der Waals surface area contributed by atoms with Gasteiger partial charge in [0.2, 0.25) is 5.88 Å². The highest BCUT2D eigenvalue weighted by atomic mass is 32.1. The summed E-state index contributed by atoms with van der Waals surface area (Å²) in [7, 11) is 0. The van der Waals surface area contributed by atoms with Gasteiger partial charge < -0.3 is 20.7 Å². The number of rotatable bonds is 11. The van der Waals surface area contributed by atoms with Gasteiger partial charge in [-0.05, 0) is 49.6 Å². The molecule has 0 bridgehead atoms. The molecule has 0 spiro atoms. The largest absolute Gasteiger partial charge is 0.478 e. The Labute approximate surface area is 193 Å². The zero-order valence-corrected chi connectivity index (χ0v) is 18.5. The average Bonchev–Trinajstić information content (AvgIpc) is 3.17. The number of nitrogens with zero attached hydrogens (tertiary/aromatic N) is 4. The van der Waals surface area contributed by atoms with Crippen LogP contribution in [0.15, 0.2) is 36.7 Å². The number of carbonyl (C=O) groups is 1. The predicted molar refractivity (Wildman–Crippen MR) is 120 cm³/mol. The molecule has 0 unspecified atom stereocenters. The number of hydrogen-bond donors (Lipinski definition) is 3. The number of aryl methyl sites for hydroxylation is 1. The molecule has 3 aromatic rings. The lowest BCUT2D eigenvalue weighted by atomic mass is 10.2. The minimum absolute atomic E-state index is 0.324. The first-order chi connectivity index (χ1) is 16.0. The normalized spacial score (nSPS) is 10.6. The fourth-order valence-electron chi connectivity index (χ4n) is 2.73. The van der Waals surface area contributed by atoms with Crippen molar-refractivity contribution < 1.29 is 18.3 Å². The van der Waals surface area contributed by atoms with Crippen LogP contribution >= 0.6 is 11.5 Å². The van der Waals surface area contributed by atoms with E-state index < -0.39 is 6.43 Å². The van der Waals surface area contributed by atoms with Crippen molar-refractivity contribution in [2.75, 3.05) is 30.3 Å². The zero-order valence-electron chi connectivity index (χ0n) is 17.6. The van der Waals surface area contributed by atoms with Crippen LogP contribution in [0.4, 0.5) is 25.3 Å². The van der Waals surface area contributed by atoms with Gasteiger partial charge in [0.25, 0.3) is 12.3 Å². The number of alkyl halides is 2. The summed E-state index contributed by atoms with van der Waals surface area (Å²) < 4.78 is 33.8. The summed E-state index contributed by atoms with van der Waals surface area (Å²) in [6.45, 7) is 2.12. The highest BCUT2D eigenvalue weighted by Crippen LogP contribution is 2.28. The van der Waals surface area contributed by atoms with Crippen LogP contribution in [0, 0.1) is 18.3 Å². The second-order valence-corrected chi connectivity index (χ2v) is 7.55. The number of halogens is 2. The topological polar surface area (TPSA) is 125 Å². The molecule has 3 rings (SSSR count). The van der Waals surface area contributed by atoms with Crippen molar-refractivity contribution >= 4 is 33.9 Å². The van der Waals surface area contributed by atoms with Gasteiger partial charge >= 0.3 is 0 Å². The fraction of sp³-hybridized carbons (Fsp3) is 0.286. The van der Waals surface area contributed by atoms with Crippen molar-refractivity contribution in [2.24, 2.45) is 0 Å². The van der Waals surface area contributed by atoms with Crippen LogP contribution < -0.4 is 20.7 Å². The van der Waals surface area contributed by atoms with Gasteiger partial charge in [0.15, 0.2) is 0 Å². The van der Waals surface area contributed by atoms with Crippen molar-refractivity contribution in [1.82, 2.24) is 19.7 Å². The molecule has 1 amide bonds. The zero-order chi connectivity index (χ0) is 23.6. The van der Waals surface area contributed by atoms with E-state index in [4.69, 9.17) is 10.00 Å². The van der Waals surface area contributed by atoms with E-state index >= 15 is 0 Å². The number of amides is 1. The SMILES string of the molecule is Cc1nsc(Nc2cc(C#N)ccn2)c1C(=O)Nc1ccc(OCCCNCC(F)F)nc1. The van der Waals surface area contributed by atoms with Gasteiger partial charge in [-0.1, -0.05) is 0 Å².